The molecule has 7 nitrogen and oxygen atoms in total. The second kappa shape index (κ2) is 12.0. The van der Waals surface area contributed by atoms with Crippen molar-refractivity contribution in [3.8, 4) is 0 Å². The molecule has 23 heavy (non-hydrogen) atoms. The molecule has 0 aliphatic rings. The molecule has 0 aliphatic heterocycles. The summed E-state index contributed by atoms with van der Waals surface area (Å²) in [4.78, 5) is 11.5. The van der Waals surface area contributed by atoms with Crippen LogP contribution in [0.4, 0.5) is 0 Å². The van der Waals surface area contributed by atoms with E-state index in [2.05, 4.69) is 25.2 Å². The average Bonchev–Trinajstić information content (AvgIpc) is 2.46. The first-order chi connectivity index (χ1) is 10.8. The second-order valence-corrected chi connectivity index (χ2v) is 5.34. The van der Waals surface area contributed by atoms with Crippen molar-refractivity contribution in [1.29, 1.82) is 0 Å². The number of rotatable bonds is 14. The van der Waals surface area contributed by atoms with Crippen LogP contribution in [0.5, 0.6) is 0 Å². The van der Waals surface area contributed by atoms with Crippen LogP contribution in [0, 0.1) is 0 Å². The molecule has 0 spiro atoms. The number of carbonyl (C=O) groups is 1. The minimum absolute atomic E-state index is 0.0578. The maximum Gasteiger partial charge on any atom is 0.257 e. The second-order valence-electron chi connectivity index (χ2n) is 5.34. The van der Waals surface area contributed by atoms with Crippen LogP contribution in [0.3, 0.4) is 0 Å². The first-order valence-electron chi connectivity index (χ1n) is 7.30. The van der Waals surface area contributed by atoms with Gasteiger partial charge in [0.2, 0.25) is 0 Å². The van der Waals surface area contributed by atoms with Crippen molar-refractivity contribution in [3.63, 3.8) is 0 Å². The zero-order valence-electron chi connectivity index (χ0n) is 13.7. The number of nitrogens with one attached hydrogen (secondary N) is 1. The molecule has 7 heteroatoms. The highest BCUT2D eigenvalue weighted by molar-refractivity contribution is 5.86. The lowest BCUT2D eigenvalue weighted by Crippen LogP contribution is -2.54. The minimum atomic E-state index is -1.22. The maximum absolute atomic E-state index is 11.5. The number of nitrogens with zero attached hydrogens (tertiary/aromatic N) is 1. The molecule has 2 unspecified atom stereocenters. The van der Waals surface area contributed by atoms with Crippen molar-refractivity contribution in [2.75, 3.05) is 39.5 Å². The number of amides is 1. The summed E-state index contributed by atoms with van der Waals surface area (Å²) in [6.07, 6.45) is 3.42. The third-order valence-electron chi connectivity index (χ3n) is 2.61. The van der Waals surface area contributed by atoms with E-state index in [4.69, 9.17) is 9.47 Å². The largest absolute Gasteiger partial charge is 0.389 e. The summed E-state index contributed by atoms with van der Waals surface area (Å²) in [6.45, 7) is 12.9. The number of hydrogen-bond acceptors (Lipinski definition) is 6. The van der Waals surface area contributed by atoms with Gasteiger partial charge in [-0.05, 0) is 13.0 Å². The van der Waals surface area contributed by atoms with E-state index < -0.39 is 17.6 Å². The Kier molecular flexibility index (Phi) is 11.2. The predicted octanol–water partition coefficient (Wildman–Crippen LogP) is 0.0227. The molecule has 3 N–H and O–H groups in total. The maximum atomic E-state index is 11.5. The number of aliphatic hydroxyl groups is 2. The molecule has 0 saturated carbocycles. The van der Waals surface area contributed by atoms with Crippen LogP contribution in [0.25, 0.3) is 0 Å². The van der Waals surface area contributed by atoms with Crippen LogP contribution in [0.15, 0.2) is 38.0 Å². The Labute approximate surface area is 137 Å². The Bertz CT molecular complexity index is 385. The lowest BCUT2D eigenvalue weighted by Gasteiger charge is -2.32. The van der Waals surface area contributed by atoms with Crippen LogP contribution in [0.1, 0.15) is 6.92 Å². The number of aliphatic hydroxyl groups excluding tert-OH is 1. The normalized spacial score (nSPS) is 14.8. The van der Waals surface area contributed by atoms with Gasteiger partial charge in [-0.25, -0.2) is 5.01 Å². The van der Waals surface area contributed by atoms with Crippen LogP contribution >= 0.6 is 0 Å². The molecule has 0 heterocycles. The van der Waals surface area contributed by atoms with E-state index in [0.29, 0.717) is 13.2 Å². The van der Waals surface area contributed by atoms with E-state index in [9.17, 15) is 15.0 Å². The van der Waals surface area contributed by atoms with Crippen LogP contribution in [-0.4, -0.2) is 72.4 Å². The number of hydrazine groups is 1. The van der Waals surface area contributed by atoms with Crippen molar-refractivity contribution in [2.24, 2.45) is 0 Å². The highest BCUT2D eigenvalue weighted by Crippen LogP contribution is 2.07. The molecule has 0 rings (SSSR count). The van der Waals surface area contributed by atoms with Crippen molar-refractivity contribution in [3.05, 3.63) is 38.0 Å². The summed E-state index contributed by atoms with van der Waals surface area (Å²) in [6, 6.07) is 0. The monoisotopic (exact) mass is 328 g/mol. The van der Waals surface area contributed by atoms with Crippen molar-refractivity contribution < 1.29 is 24.5 Å². The number of carbonyl (C=O) groups excluding carboxylic acids is 1. The fourth-order valence-corrected chi connectivity index (χ4v) is 1.76. The molecular weight excluding hydrogens is 300 g/mol. The summed E-state index contributed by atoms with van der Waals surface area (Å²) >= 11 is 0. The molecule has 0 fully saturated rings. The third kappa shape index (κ3) is 11.7. The van der Waals surface area contributed by atoms with E-state index >= 15 is 0 Å². The third-order valence-corrected chi connectivity index (χ3v) is 2.61. The summed E-state index contributed by atoms with van der Waals surface area (Å²) < 4.78 is 10.4. The first kappa shape index (κ1) is 21.5. The van der Waals surface area contributed by atoms with Gasteiger partial charge in [-0.1, -0.05) is 18.7 Å². The molecule has 0 bridgehead atoms. The molecule has 1 amide bonds. The molecule has 0 radical (unpaired) electrons. The molecule has 0 aromatic heterocycles. The van der Waals surface area contributed by atoms with Gasteiger partial charge in [0.05, 0.1) is 38.1 Å². The molecule has 2 atom stereocenters. The molecule has 0 aliphatic carbocycles. The zero-order chi connectivity index (χ0) is 17.7. The van der Waals surface area contributed by atoms with Gasteiger partial charge < -0.3 is 19.7 Å². The smallest absolute Gasteiger partial charge is 0.257 e. The molecule has 132 valence electrons. The van der Waals surface area contributed by atoms with Crippen molar-refractivity contribution in [1.82, 2.24) is 10.4 Å². The average molecular weight is 328 g/mol. The first-order valence-corrected chi connectivity index (χ1v) is 7.30. The summed E-state index contributed by atoms with van der Waals surface area (Å²) in [5.74, 6) is -0.438. The summed E-state index contributed by atoms with van der Waals surface area (Å²) in [5.41, 5.74) is 1.32. The minimum Gasteiger partial charge on any atom is -0.389 e. The highest BCUT2D eigenvalue weighted by atomic mass is 16.5. The zero-order valence-corrected chi connectivity index (χ0v) is 13.7. The van der Waals surface area contributed by atoms with Crippen LogP contribution in [0.2, 0.25) is 0 Å². The van der Waals surface area contributed by atoms with Crippen LogP contribution < -0.4 is 5.43 Å². The summed E-state index contributed by atoms with van der Waals surface area (Å²) in [7, 11) is 0. The quantitative estimate of drug-likeness (QED) is 0.180. The fourth-order valence-electron chi connectivity index (χ4n) is 1.76. The van der Waals surface area contributed by atoms with Gasteiger partial charge in [0.1, 0.15) is 0 Å². The van der Waals surface area contributed by atoms with Gasteiger partial charge in [0.25, 0.3) is 5.91 Å². The van der Waals surface area contributed by atoms with Gasteiger partial charge >= 0.3 is 0 Å². The highest BCUT2D eigenvalue weighted by Gasteiger charge is 2.26. The van der Waals surface area contributed by atoms with Crippen LogP contribution in [-0.2, 0) is 14.3 Å². The van der Waals surface area contributed by atoms with E-state index in [1.165, 1.54) is 5.01 Å². The fraction of sp³-hybridized carbons (Fsp3) is 0.562. The van der Waals surface area contributed by atoms with Gasteiger partial charge in [-0.15, -0.1) is 13.2 Å². The Morgan fingerprint density at radius 2 is 1.91 bits per heavy atom. The Hall–Kier alpha value is -1.51. The summed E-state index contributed by atoms with van der Waals surface area (Å²) in [5, 5.41) is 21.7. The Morgan fingerprint density at radius 1 is 1.30 bits per heavy atom. The Balaban J connectivity index is 4.59. The SMILES string of the molecule is C=CCOCC(O)CN(CC(C)(O)COCC=C)NC(=O)C=C. The topological polar surface area (TPSA) is 91.3 Å². The van der Waals surface area contributed by atoms with Gasteiger partial charge in [0, 0.05) is 13.1 Å². The standard InChI is InChI=1S/C16H28N2O5/c1-5-8-22-11-14(19)10-18(17-15(20)7-3)12-16(4,21)13-23-9-6-2/h5-7,14,19,21H,1-3,8-13H2,4H3,(H,17,20). The Morgan fingerprint density at radius 3 is 2.48 bits per heavy atom. The van der Waals surface area contributed by atoms with Gasteiger partial charge in [0.15, 0.2) is 0 Å². The number of hydrogen-bond donors (Lipinski definition) is 3. The van der Waals surface area contributed by atoms with E-state index in [1.807, 2.05) is 0 Å². The predicted molar refractivity (Wildman–Crippen MR) is 88.6 cm³/mol. The van der Waals surface area contributed by atoms with E-state index in [-0.39, 0.29) is 26.3 Å². The lowest BCUT2D eigenvalue weighted by molar-refractivity contribution is -0.125. The van der Waals surface area contributed by atoms with Crippen molar-refractivity contribution in [2.45, 2.75) is 18.6 Å². The molecule has 0 saturated heterocycles. The number of ether oxygens (including phenoxy) is 2. The molecular formula is C16H28N2O5. The lowest BCUT2D eigenvalue weighted by atomic mass is 10.1. The van der Waals surface area contributed by atoms with Crippen molar-refractivity contribution >= 4 is 5.91 Å². The van der Waals surface area contributed by atoms with E-state index in [0.717, 1.165) is 6.08 Å². The molecule has 0 aromatic carbocycles. The van der Waals surface area contributed by atoms with Gasteiger partial charge in [-0.2, -0.15) is 0 Å². The van der Waals surface area contributed by atoms with Gasteiger partial charge in [-0.3, -0.25) is 10.2 Å². The molecule has 0 aromatic rings. The van der Waals surface area contributed by atoms with E-state index in [1.54, 1.807) is 19.1 Å².